The maximum Gasteiger partial charge on any atom is 0.345 e. The van der Waals surface area contributed by atoms with Gasteiger partial charge in [-0.25, -0.2) is 21.0 Å². The Morgan fingerprint density at radius 3 is 1.78 bits per heavy atom. The normalized spacial score (nSPS) is 22.9. The van der Waals surface area contributed by atoms with Crippen LogP contribution < -0.4 is 11.4 Å². The summed E-state index contributed by atoms with van der Waals surface area (Å²) in [4.78, 5) is 75.9. The molecular formula is C37H51N7O8S2. The van der Waals surface area contributed by atoms with Crippen LogP contribution in [0.4, 0.5) is 9.59 Å². The third-order valence-electron chi connectivity index (χ3n) is 9.49. The van der Waals surface area contributed by atoms with Crippen molar-refractivity contribution in [2.75, 3.05) is 38.6 Å². The van der Waals surface area contributed by atoms with Crippen LogP contribution in [-0.4, -0.2) is 116 Å². The van der Waals surface area contributed by atoms with Gasteiger partial charge in [-0.05, 0) is 49.7 Å². The number of hydrogen-bond donors (Lipinski definition) is 2. The summed E-state index contributed by atoms with van der Waals surface area (Å²) in [6.45, 7) is 7.48. The van der Waals surface area contributed by atoms with Crippen molar-refractivity contribution < 1.29 is 38.5 Å². The van der Waals surface area contributed by atoms with Gasteiger partial charge in [0.2, 0.25) is 0 Å². The summed E-state index contributed by atoms with van der Waals surface area (Å²) in [6, 6.07) is 18.1. The van der Waals surface area contributed by atoms with Gasteiger partial charge in [0.1, 0.15) is 29.6 Å². The van der Waals surface area contributed by atoms with E-state index in [0.717, 1.165) is 42.6 Å². The Hall–Kier alpha value is -3.84. The van der Waals surface area contributed by atoms with E-state index in [4.69, 9.17) is 26.7 Å². The van der Waals surface area contributed by atoms with Gasteiger partial charge in [-0.15, -0.1) is 0 Å². The molecule has 5 aliphatic heterocycles. The SMILES string of the molecule is CCCON.CCCONC(=O)[C@@H]1CC[C@@H]2CN1C(=O)N2OCc1ccccc1.O=C([C@@H]1CC[C@@H]2CN1C(=O)N2OCc1ccccc1)N1CCSC1=S. The van der Waals surface area contributed by atoms with Crippen LogP contribution in [0.3, 0.4) is 0 Å². The number of rotatable bonds is 13. The highest BCUT2D eigenvalue weighted by Gasteiger charge is 2.50. The Labute approximate surface area is 326 Å². The summed E-state index contributed by atoms with van der Waals surface area (Å²) in [5, 5.41) is 2.88. The number of nitrogens with one attached hydrogen (secondary N) is 1. The number of thioether (sulfide) groups is 1. The number of hydroxylamine groups is 5. The quantitative estimate of drug-likeness (QED) is 0.169. The van der Waals surface area contributed by atoms with Crippen LogP contribution in [0, 0.1) is 0 Å². The number of carbonyl (C=O) groups excluding carboxylic acids is 4. The first-order valence-corrected chi connectivity index (χ1v) is 19.9. The Morgan fingerprint density at radius 1 is 0.796 bits per heavy atom. The van der Waals surface area contributed by atoms with Crippen molar-refractivity contribution in [3.63, 3.8) is 0 Å². The van der Waals surface area contributed by atoms with E-state index in [2.05, 4.69) is 16.2 Å². The maximum atomic E-state index is 12.8. The van der Waals surface area contributed by atoms with Gasteiger partial charge in [0.05, 0.1) is 25.3 Å². The van der Waals surface area contributed by atoms with Crippen molar-refractivity contribution >= 4 is 52.2 Å². The van der Waals surface area contributed by atoms with Gasteiger partial charge in [0.15, 0.2) is 0 Å². The molecule has 5 fully saturated rings. The molecule has 3 N–H and O–H groups in total. The molecular weight excluding hydrogens is 735 g/mol. The molecule has 7 rings (SSSR count). The lowest BCUT2D eigenvalue weighted by Crippen LogP contribution is -2.51. The molecule has 17 heteroatoms. The minimum Gasteiger partial charge on any atom is -0.309 e. The first-order chi connectivity index (χ1) is 26.3. The molecule has 0 saturated carbocycles. The monoisotopic (exact) mass is 785 g/mol. The lowest BCUT2D eigenvalue weighted by molar-refractivity contribution is -0.141. The zero-order valence-electron chi connectivity index (χ0n) is 30.9. The number of amides is 6. The average Bonchev–Trinajstić information content (AvgIpc) is 3.81. The van der Waals surface area contributed by atoms with Gasteiger partial charge in [-0.1, -0.05) is 98.5 Å². The Kier molecular flexibility index (Phi) is 15.9. The zero-order valence-corrected chi connectivity index (χ0v) is 32.5. The minimum absolute atomic E-state index is 0.00169. The third kappa shape index (κ3) is 10.5. The number of hydrogen-bond acceptors (Lipinski definition) is 11. The summed E-state index contributed by atoms with van der Waals surface area (Å²) in [7, 11) is 0. The second-order valence-electron chi connectivity index (χ2n) is 13.3. The molecule has 5 aliphatic rings. The predicted octanol–water partition coefficient (Wildman–Crippen LogP) is 4.38. The maximum absolute atomic E-state index is 12.8. The van der Waals surface area contributed by atoms with E-state index in [-0.39, 0.29) is 36.0 Å². The molecule has 2 aromatic rings. The molecule has 4 atom stereocenters. The topological polar surface area (TPSA) is 159 Å². The molecule has 294 valence electrons. The number of piperidine rings is 2. The number of carbonyl (C=O) groups is 4. The van der Waals surface area contributed by atoms with E-state index < -0.39 is 12.1 Å². The number of thiocarbonyl (C=S) groups is 1. The van der Waals surface area contributed by atoms with Crippen LogP contribution in [0.1, 0.15) is 63.5 Å². The molecule has 4 bridgehead atoms. The number of nitrogens with two attached hydrogens (primary N) is 1. The summed E-state index contributed by atoms with van der Waals surface area (Å²) in [5.74, 6) is 5.16. The fourth-order valence-corrected chi connectivity index (χ4v) is 7.96. The van der Waals surface area contributed by atoms with Crippen molar-refractivity contribution in [2.24, 2.45) is 5.90 Å². The molecule has 0 radical (unpaired) electrons. The smallest absolute Gasteiger partial charge is 0.309 e. The van der Waals surface area contributed by atoms with Crippen molar-refractivity contribution in [3.05, 3.63) is 71.8 Å². The Morgan fingerprint density at radius 2 is 1.31 bits per heavy atom. The van der Waals surface area contributed by atoms with Crippen molar-refractivity contribution in [1.29, 1.82) is 0 Å². The van der Waals surface area contributed by atoms with E-state index >= 15 is 0 Å². The van der Waals surface area contributed by atoms with Crippen LogP contribution in [0.2, 0.25) is 0 Å². The first-order valence-electron chi connectivity index (χ1n) is 18.5. The van der Waals surface area contributed by atoms with E-state index in [0.29, 0.717) is 63.2 Å². The number of fused-ring (bicyclic) bond motifs is 4. The highest BCUT2D eigenvalue weighted by molar-refractivity contribution is 8.23. The van der Waals surface area contributed by atoms with Crippen molar-refractivity contribution in [1.82, 2.24) is 30.3 Å². The zero-order chi connectivity index (χ0) is 38.5. The standard InChI is InChI=1S/C17H23N3O4.C17H19N3O3S2.C3H9NO/c1-2-10-23-18-16(21)15-9-8-14-11-19(15)17(22)20(14)24-12-13-6-4-3-5-7-13;21-15(18-8-9-25-17(18)24)14-7-6-13-10-19(14)16(22)20(13)23-11-12-4-2-1-3-5-12;1-2-3-5-4/h3-7,14-15H,2,8-12H2,1H3,(H,18,21);1-5,13-14H,6-11H2;2-4H2,1H3/t14-,15+;13-,14+;/m11./s1. The van der Waals surface area contributed by atoms with E-state index in [1.165, 1.54) is 21.9 Å². The van der Waals surface area contributed by atoms with Crippen LogP contribution in [0.25, 0.3) is 0 Å². The summed E-state index contributed by atoms with van der Waals surface area (Å²) in [6.07, 6.45) is 4.59. The second kappa shape index (κ2) is 20.7. The van der Waals surface area contributed by atoms with Gasteiger partial charge in [0, 0.05) is 25.4 Å². The summed E-state index contributed by atoms with van der Waals surface area (Å²) >= 11 is 6.77. The van der Waals surface area contributed by atoms with Gasteiger partial charge >= 0.3 is 12.1 Å². The van der Waals surface area contributed by atoms with Crippen LogP contribution >= 0.6 is 24.0 Å². The van der Waals surface area contributed by atoms with Gasteiger partial charge in [0.25, 0.3) is 11.8 Å². The number of urea groups is 2. The van der Waals surface area contributed by atoms with Crippen molar-refractivity contribution in [2.45, 2.75) is 89.8 Å². The van der Waals surface area contributed by atoms with Crippen LogP contribution in [-0.2, 0) is 42.2 Å². The number of nitrogens with zero attached hydrogens (tertiary/aromatic N) is 5. The van der Waals surface area contributed by atoms with Gasteiger partial charge in [-0.2, -0.15) is 10.1 Å². The van der Waals surface area contributed by atoms with E-state index in [9.17, 15) is 19.2 Å². The fraction of sp³-hybridized carbons (Fsp3) is 0.541. The summed E-state index contributed by atoms with van der Waals surface area (Å²) in [5.41, 5.74) is 4.45. The molecule has 0 aromatic heterocycles. The fourth-order valence-electron chi connectivity index (χ4n) is 6.75. The number of benzene rings is 2. The van der Waals surface area contributed by atoms with Gasteiger partial charge < -0.3 is 14.6 Å². The minimum atomic E-state index is -0.490. The predicted molar refractivity (Wildman–Crippen MR) is 206 cm³/mol. The second-order valence-corrected chi connectivity index (χ2v) is 15.1. The summed E-state index contributed by atoms with van der Waals surface area (Å²) < 4.78 is 0.621. The van der Waals surface area contributed by atoms with Gasteiger partial charge in [-0.3, -0.25) is 29.0 Å². The first kappa shape index (κ1) is 41.3. The Balaban J connectivity index is 0.000000185. The molecule has 6 amide bonds. The van der Waals surface area contributed by atoms with Crippen molar-refractivity contribution in [3.8, 4) is 0 Å². The molecule has 15 nitrogen and oxygen atoms in total. The molecule has 0 unspecified atom stereocenters. The average molecular weight is 786 g/mol. The molecule has 5 saturated heterocycles. The van der Waals surface area contributed by atoms with Crippen LogP contribution in [0.15, 0.2) is 60.7 Å². The lowest BCUT2D eigenvalue weighted by Gasteiger charge is -2.31. The Bertz CT molecular complexity index is 1560. The van der Waals surface area contributed by atoms with Crippen LogP contribution in [0.5, 0.6) is 0 Å². The molecule has 0 spiro atoms. The largest absolute Gasteiger partial charge is 0.345 e. The lowest BCUT2D eigenvalue weighted by atomic mass is 10.00. The third-order valence-corrected chi connectivity index (χ3v) is 10.9. The highest BCUT2D eigenvalue weighted by atomic mass is 32.2. The van der Waals surface area contributed by atoms with E-state index in [1.54, 1.807) is 14.7 Å². The van der Waals surface area contributed by atoms with E-state index in [1.807, 2.05) is 74.5 Å². The highest BCUT2D eigenvalue weighted by Crippen LogP contribution is 2.33. The molecule has 5 heterocycles. The molecule has 2 aromatic carbocycles. The molecule has 0 aliphatic carbocycles. The molecule has 54 heavy (non-hydrogen) atoms.